The van der Waals surface area contributed by atoms with Crippen molar-refractivity contribution >= 4 is 10.9 Å². The van der Waals surface area contributed by atoms with Gasteiger partial charge in [0.2, 0.25) is 0 Å². The number of hydrogen-bond acceptors (Lipinski definition) is 3. The van der Waals surface area contributed by atoms with Crippen LogP contribution < -0.4 is 5.69 Å². The lowest BCUT2D eigenvalue weighted by molar-refractivity contribution is 0.382. The molecule has 4 nitrogen and oxygen atoms in total. The third-order valence-electron chi connectivity index (χ3n) is 3.37. The molecule has 2 rings (SSSR count). The Kier molecular flexibility index (Phi) is 3.95. The van der Waals surface area contributed by atoms with E-state index in [4.69, 9.17) is 0 Å². The summed E-state index contributed by atoms with van der Waals surface area (Å²) in [6, 6.07) is 8.03. The summed E-state index contributed by atoms with van der Waals surface area (Å²) in [5.41, 5.74) is 1.55. The molecule has 0 amide bonds. The van der Waals surface area contributed by atoms with Crippen molar-refractivity contribution in [3.63, 3.8) is 0 Å². The molecule has 20 heavy (non-hydrogen) atoms. The Balaban J connectivity index is 2.67. The summed E-state index contributed by atoms with van der Waals surface area (Å²) in [5, 5.41) is 1.07. The van der Waals surface area contributed by atoms with Crippen LogP contribution in [-0.4, -0.2) is 35.1 Å². The van der Waals surface area contributed by atoms with Crippen LogP contribution >= 0.6 is 0 Å². The van der Waals surface area contributed by atoms with Gasteiger partial charge in [-0.15, -0.1) is 0 Å². The van der Waals surface area contributed by atoms with E-state index in [0.29, 0.717) is 6.54 Å². The zero-order valence-corrected chi connectivity index (χ0v) is 13.0. The molecule has 0 atom stereocenters. The van der Waals surface area contributed by atoms with Crippen molar-refractivity contribution < 1.29 is 0 Å². The van der Waals surface area contributed by atoms with Gasteiger partial charge >= 0.3 is 5.69 Å². The van der Waals surface area contributed by atoms with Gasteiger partial charge in [-0.05, 0) is 20.2 Å². The zero-order chi connectivity index (χ0) is 14.9. The highest BCUT2D eigenvalue weighted by atomic mass is 16.1. The summed E-state index contributed by atoms with van der Waals surface area (Å²) in [5.74, 6) is 0. The van der Waals surface area contributed by atoms with E-state index in [1.54, 1.807) is 4.57 Å². The van der Waals surface area contributed by atoms with Gasteiger partial charge in [0.1, 0.15) is 0 Å². The van der Waals surface area contributed by atoms with Crippen LogP contribution in [0.3, 0.4) is 0 Å². The average molecular weight is 273 g/mol. The molecule has 0 aliphatic rings. The number of fused-ring (bicyclic) bond motifs is 1. The molecule has 4 heteroatoms. The van der Waals surface area contributed by atoms with Gasteiger partial charge in [-0.25, -0.2) is 4.79 Å². The molecule has 0 aliphatic heterocycles. The predicted molar refractivity (Wildman–Crippen MR) is 83.3 cm³/mol. The van der Waals surface area contributed by atoms with Crippen molar-refractivity contribution in [2.45, 2.75) is 32.7 Å². The first-order chi connectivity index (χ1) is 9.30. The Morgan fingerprint density at radius 2 is 1.85 bits per heavy atom. The lowest BCUT2D eigenvalue weighted by Crippen LogP contribution is -2.31. The topological polar surface area (TPSA) is 38.1 Å². The van der Waals surface area contributed by atoms with Crippen LogP contribution in [0.5, 0.6) is 0 Å². The molecule has 0 fully saturated rings. The molecule has 0 aliphatic carbocycles. The summed E-state index contributed by atoms with van der Waals surface area (Å²) in [6.07, 6.45) is 0. The van der Waals surface area contributed by atoms with Gasteiger partial charge in [0, 0.05) is 23.9 Å². The molecule has 1 aromatic heterocycles. The maximum Gasteiger partial charge on any atom is 0.348 e. The lowest BCUT2D eigenvalue weighted by Gasteiger charge is -2.21. The Labute approximate surface area is 120 Å². The van der Waals surface area contributed by atoms with Crippen molar-refractivity contribution in [2.75, 3.05) is 20.6 Å². The minimum atomic E-state index is -0.157. The van der Waals surface area contributed by atoms with E-state index in [9.17, 15) is 4.79 Å². The fourth-order valence-electron chi connectivity index (χ4n) is 2.32. The number of likely N-dealkylation sites (N-methyl/N-ethyl adjacent to an activating group) is 1. The summed E-state index contributed by atoms with van der Waals surface area (Å²) < 4.78 is 1.77. The van der Waals surface area contributed by atoms with Crippen LogP contribution in [0.1, 0.15) is 26.5 Å². The fraction of sp³-hybridized carbons (Fsp3) is 0.500. The highest BCUT2D eigenvalue weighted by molar-refractivity contribution is 5.82. The molecule has 0 radical (unpaired) electrons. The van der Waals surface area contributed by atoms with Gasteiger partial charge in [0.05, 0.1) is 11.2 Å². The van der Waals surface area contributed by atoms with Crippen molar-refractivity contribution in [1.29, 1.82) is 0 Å². The highest BCUT2D eigenvalue weighted by Crippen LogP contribution is 2.26. The first-order valence-electron chi connectivity index (χ1n) is 6.95. The standard InChI is InChI=1S/C16H23N3O/c1-16(2,3)14-12-8-6-7-9-13(12)19(15(20)17-14)11-10-18(4)5/h6-9H,10-11H2,1-5H3. The third-order valence-corrected chi connectivity index (χ3v) is 3.37. The predicted octanol–water partition coefficient (Wildman–Crippen LogP) is 2.26. The van der Waals surface area contributed by atoms with Crippen molar-refractivity contribution in [3.8, 4) is 0 Å². The van der Waals surface area contributed by atoms with Crippen LogP contribution in [-0.2, 0) is 12.0 Å². The summed E-state index contributed by atoms with van der Waals surface area (Å²) >= 11 is 0. The molecular weight excluding hydrogens is 250 g/mol. The Hall–Kier alpha value is -1.68. The highest BCUT2D eigenvalue weighted by Gasteiger charge is 2.21. The van der Waals surface area contributed by atoms with E-state index >= 15 is 0 Å². The van der Waals surface area contributed by atoms with Gasteiger partial charge in [0.25, 0.3) is 0 Å². The summed E-state index contributed by atoms with van der Waals surface area (Å²) in [6.45, 7) is 7.74. The number of benzene rings is 1. The van der Waals surface area contributed by atoms with Gasteiger partial charge < -0.3 is 4.90 Å². The summed E-state index contributed by atoms with van der Waals surface area (Å²) in [4.78, 5) is 18.8. The smallest absolute Gasteiger partial charge is 0.308 e. The van der Waals surface area contributed by atoms with Crippen molar-refractivity contribution in [2.24, 2.45) is 0 Å². The van der Waals surface area contributed by atoms with Crippen molar-refractivity contribution in [1.82, 2.24) is 14.5 Å². The molecule has 0 N–H and O–H groups in total. The Morgan fingerprint density at radius 1 is 1.20 bits per heavy atom. The maximum absolute atomic E-state index is 12.3. The van der Waals surface area contributed by atoms with E-state index in [-0.39, 0.29) is 11.1 Å². The SMILES string of the molecule is CN(C)CCn1c(=O)nc(C(C)(C)C)c2ccccc21. The molecule has 2 aromatic rings. The van der Waals surface area contributed by atoms with E-state index in [1.165, 1.54) is 0 Å². The van der Waals surface area contributed by atoms with Crippen LogP contribution in [0.2, 0.25) is 0 Å². The fourth-order valence-corrected chi connectivity index (χ4v) is 2.32. The molecule has 108 valence electrons. The minimum absolute atomic E-state index is 0.139. The second-order valence-electron chi connectivity index (χ2n) is 6.47. The molecule has 0 unspecified atom stereocenters. The second kappa shape index (κ2) is 5.37. The second-order valence-corrected chi connectivity index (χ2v) is 6.47. The van der Waals surface area contributed by atoms with E-state index < -0.39 is 0 Å². The Bertz CT molecular complexity index is 665. The van der Waals surface area contributed by atoms with E-state index in [0.717, 1.165) is 23.1 Å². The van der Waals surface area contributed by atoms with Crippen molar-refractivity contribution in [3.05, 3.63) is 40.4 Å². The number of rotatable bonds is 3. The Morgan fingerprint density at radius 3 is 2.45 bits per heavy atom. The molecular formula is C16H23N3O. The molecule has 0 saturated carbocycles. The van der Waals surface area contributed by atoms with E-state index in [2.05, 4.69) is 36.7 Å². The van der Waals surface area contributed by atoms with Crippen LogP contribution in [0.25, 0.3) is 10.9 Å². The minimum Gasteiger partial charge on any atom is -0.308 e. The molecule has 0 bridgehead atoms. The van der Waals surface area contributed by atoms with Crippen LogP contribution in [0.4, 0.5) is 0 Å². The van der Waals surface area contributed by atoms with Gasteiger partial charge in [-0.3, -0.25) is 4.57 Å². The average Bonchev–Trinajstić information content (AvgIpc) is 2.35. The molecule has 1 aromatic carbocycles. The first kappa shape index (κ1) is 14.7. The van der Waals surface area contributed by atoms with Gasteiger partial charge in [0.15, 0.2) is 0 Å². The van der Waals surface area contributed by atoms with E-state index in [1.807, 2.05) is 32.3 Å². The van der Waals surface area contributed by atoms with Crippen LogP contribution in [0, 0.1) is 0 Å². The lowest BCUT2D eigenvalue weighted by atomic mass is 9.89. The largest absolute Gasteiger partial charge is 0.348 e. The maximum atomic E-state index is 12.3. The first-order valence-corrected chi connectivity index (χ1v) is 6.95. The number of hydrogen-bond donors (Lipinski definition) is 0. The number of nitrogens with zero attached hydrogens (tertiary/aromatic N) is 3. The summed E-state index contributed by atoms with van der Waals surface area (Å²) in [7, 11) is 4.01. The zero-order valence-electron chi connectivity index (χ0n) is 13.0. The number of aromatic nitrogens is 2. The number of para-hydroxylation sites is 1. The van der Waals surface area contributed by atoms with Gasteiger partial charge in [-0.1, -0.05) is 39.0 Å². The molecule has 1 heterocycles. The van der Waals surface area contributed by atoms with Gasteiger partial charge in [-0.2, -0.15) is 4.98 Å². The quantitative estimate of drug-likeness (QED) is 0.861. The normalized spacial score (nSPS) is 12.3. The van der Waals surface area contributed by atoms with Crippen LogP contribution in [0.15, 0.2) is 29.1 Å². The monoisotopic (exact) mass is 273 g/mol. The molecule has 0 saturated heterocycles. The molecule has 0 spiro atoms. The third kappa shape index (κ3) is 2.90.